The van der Waals surface area contributed by atoms with Gasteiger partial charge >= 0.3 is 0 Å². The van der Waals surface area contributed by atoms with Gasteiger partial charge in [-0.25, -0.2) is 15.8 Å². The summed E-state index contributed by atoms with van der Waals surface area (Å²) in [6.45, 7) is 0. The summed E-state index contributed by atoms with van der Waals surface area (Å²) in [6.07, 6.45) is 0.457. The van der Waals surface area contributed by atoms with Crippen LogP contribution in [0.1, 0.15) is 0 Å². The van der Waals surface area contributed by atoms with Crippen LogP contribution >= 0.6 is 0 Å². The van der Waals surface area contributed by atoms with Gasteiger partial charge in [0.05, 0.1) is 19.7 Å². The zero-order chi connectivity index (χ0) is 13.1. The molecule has 0 unspecified atom stereocenters. The van der Waals surface area contributed by atoms with Gasteiger partial charge in [0.25, 0.3) is 0 Å². The van der Waals surface area contributed by atoms with Crippen molar-refractivity contribution in [1.82, 2.24) is 4.98 Å². The lowest BCUT2D eigenvalue weighted by molar-refractivity contribution is -0.107. The number of benzene rings is 1. The number of methoxy groups -OCH3 is 2. The molecule has 0 bridgehead atoms. The molecular weight excluding hydrogens is 234 g/mol. The number of hydrogen-bond acceptors (Lipinski definition) is 5. The summed E-state index contributed by atoms with van der Waals surface area (Å²) in [4.78, 5) is 15.1. The fourth-order valence-electron chi connectivity index (χ4n) is 1.76. The third-order valence-electron chi connectivity index (χ3n) is 2.55. The van der Waals surface area contributed by atoms with Crippen LogP contribution in [-0.2, 0) is 4.79 Å². The molecule has 0 saturated heterocycles. The van der Waals surface area contributed by atoms with Crippen LogP contribution in [0.2, 0.25) is 0 Å². The lowest BCUT2D eigenvalue weighted by Gasteiger charge is -2.17. The van der Waals surface area contributed by atoms with Crippen LogP contribution in [0.4, 0.5) is 5.82 Å². The molecule has 0 aliphatic rings. The van der Waals surface area contributed by atoms with Crippen molar-refractivity contribution in [3.05, 3.63) is 24.3 Å². The normalized spacial score (nSPS) is 10.2. The lowest BCUT2D eigenvalue weighted by atomic mass is 10.2. The van der Waals surface area contributed by atoms with Crippen LogP contribution in [0.25, 0.3) is 10.9 Å². The Morgan fingerprint density at radius 3 is 2.50 bits per heavy atom. The van der Waals surface area contributed by atoms with Crippen LogP contribution in [-0.4, -0.2) is 25.6 Å². The minimum absolute atomic E-state index is 0.211. The van der Waals surface area contributed by atoms with Gasteiger partial charge in [-0.3, -0.25) is 4.79 Å². The van der Waals surface area contributed by atoms with E-state index < -0.39 is 0 Å². The Morgan fingerprint density at radius 2 is 1.89 bits per heavy atom. The number of hydrazine groups is 1. The van der Waals surface area contributed by atoms with E-state index in [0.29, 0.717) is 23.4 Å². The Bertz CT molecular complexity index is 586. The largest absolute Gasteiger partial charge is 0.492 e. The Balaban J connectivity index is 2.82. The first-order chi connectivity index (χ1) is 8.72. The maximum absolute atomic E-state index is 10.8. The first kappa shape index (κ1) is 12.1. The maximum atomic E-state index is 10.8. The third-order valence-corrected chi connectivity index (χ3v) is 2.55. The van der Waals surface area contributed by atoms with Crippen LogP contribution in [0.5, 0.6) is 11.5 Å². The number of carbonyl (C=O) groups excluding carboxylic acids is 1. The molecular formula is C12H13N3O3. The molecule has 0 saturated carbocycles. The molecule has 0 aliphatic carbocycles. The number of anilines is 1. The summed E-state index contributed by atoms with van der Waals surface area (Å²) < 4.78 is 10.6. The van der Waals surface area contributed by atoms with E-state index >= 15 is 0 Å². The monoisotopic (exact) mass is 247 g/mol. The molecule has 1 aromatic heterocycles. The summed E-state index contributed by atoms with van der Waals surface area (Å²) in [6, 6.07) is 7.37. The predicted molar refractivity (Wildman–Crippen MR) is 67.6 cm³/mol. The minimum Gasteiger partial charge on any atom is -0.492 e. The number of pyridine rings is 1. The summed E-state index contributed by atoms with van der Waals surface area (Å²) in [7, 11) is 2.99. The summed E-state index contributed by atoms with van der Waals surface area (Å²) >= 11 is 0. The number of rotatable bonds is 4. The quantitative estimate of drug-likeness (QED) is 0.378. The molecule has 0 radical (unpaired) electrons. The molecule has 6 nitrogen and oxygen atoms in total. The van der Waals surface area contributed by atoms with Crippen molar-refractivity contribution in [1.29, 1.82) is 0 Å². The summed E-state index contributed by atoms with van der Waals surface area (Å²) in [5.41, 5.74) is 0.669. The van der Waals surface area contributed by atoms with Crippen molar-refractivity contribution in [2.45, 2.75) is 0 Å². The van der Waals surface area contributed by atoms with E-state index in [2.05, 4.69) is 4.98 Å². The lowest BCUT2D eigenvalue weighted by Crippen LogP contribution is -2.30. The van der Waals surface area contributed by atoms with Crippen LogP contribution in [0.3, 0.4) is 0 Å². The van der Waals surface area contributed by atoms with E-state index in [1.165, 1.54) is 14.2 Å². The highest BCUT2D eigenvalue weighted by Crippen LogP contribution is 2.40. The molecule has 94 valence electrons. The molecule has 6 heteroatoms. The molecule has 0 spiro atoms. The highest BCUT2D eigenvalue weighted by Gasteiger charge is 2.19. The number of amides is 1. The van der Waals surface area contributed by atoms with Gasteiger partial charge in [-0.05, 0) is 12.1 Å². The Kier molecular flexibility index (Phi) is 3.29. The van der Waals surface area contributed by atoms with Crippen molar-refractivity contribution in [3.63, 3.8) is 0 Å². The number of nitrogens with zero attached hydrogens (tertiary/aromatic N) is 2. The molecule has 0 atom stereocenters. The van der Waals surface area contributed by atoms with E-state index in [-0.39, 0.29) is 5.82 Å². The van der Waals surface area contributed by atoms with Crippen LogP contribution in [0, 0.1) is 0 Å². The smallest absolute Gasteiger partial charge is 0.229 e. The van der Waals surface area contributed by atoms with E-state index in [1.807, 2.05) is 18.2 Å². The van der Waals surface area contributed by atoms with Crippen molar-refractivity contribution in [2.75, 3.05) is 19.2 Å². The molecule has 2 N–H and O–H groups in total. The predicted octanol–water partition coefficient (Wildman–Crippen LogP) is 1.09. The molecule has 2 aromatic rings. The minimum atomic E-state index is 0.211. The van der Waals surface area contributed by atoms with E-state index in [1.54, 1.807) is 6.07 Å². The van der Waals surface area contributed by atoms with E-state index in [9.17, 15) is 4.79 Å². The second kappa shape index (κ2) is 4.89. The van der Waals surface area contributed by atoms with Crippen LogP contribution in [0.15, 0.2) is 24.3 Å². The number of aromatic nitrogens is 1. The average Bonchev–Trinajstić information content (AvgIpc) is 2.44. The van der Waals surface area contributed by atoms with Crippen molar-refractivity contribution in [2.24, 2.45) is 5.84 Å². The number of para-hydroxylation sites is 1. The van der Waals surface area contributed by atoms with Gasteiger partial charge in [-0.1, -0.05) is 12.1 Å². The molecule has 1 heterocycles. The van der Waals surface area contributed by atoms with Crippen molar-refractivity contribution in [3.8, 4) is 11.5 Å². The Labute approximate surface area is 104 Å². The van der Waals surface area contributed by atoms with E-state index in [4.69, 9.17) is 15.3 Å². The Morgan fingerprint density at radius 1 is 1.22 bits per heavy atom. The van der Waals surface area contributed by atoms with Gasteiger partial charge in [0.15, 0.2) is 11.6 Å². The zero-order valence-corrected chi connectivity index (χ0v) is 10.1. The number of ether oxygens (including phenoxy) is 2. The maximum Gasteiger partial charge on any atom is 0.229 e. The van der Waals surface area contributed by atoms with Crippen molar-refractivity contribution >= 4 is 23.1 Å². The second-order valence-corrected chi connectivity index (χ2v) is 3.53. The molecule has 0 fully saturated rings. The fourth-order valence-corrected chi connectivity index (χ4v) is 1.76. The number of fused-ring (bicyclic) bond motifs is 1. The molecule has 1 aromatic carbocycles. The topological polar surface area (TPSA) is 77.7 Å². The standard InChI is InChI=1S/C12H13N3O3/c1-17-10-8-5-3-4-6-9(8)14-12(11(10)18-2)15(13)7-16/h3-7H,13H2,1-2H3. The first-order valence-electron chi connectivity index (χ1n) is 5.23. The molecule has 0 aliphatic heterocycles. The Hall–Kier alpha value is -2.34. The third kappa shape index (κ3) is 1.82. The van der Waals surface area contributed by atoms with Gasteiger partial charge in [0.2, 0.25) is 12.2 Å². The number of hydrogen-bond donors (Lipinski definition) is 1. The van der Waals surface area contributed by atoms with Gasteiger partial charge in [0, 0.05) is 5.39 Å². The number of nitrogens with two attached hydrogens (primary N) is 1. The molecule has 18 heavy (non-hydrogen) atoms. The summed E-state index contributed by atoms with van der Waals surface area (Å²) in [5.74, 6) is 6.58. The fraction of sp³-hybridized carbons (Fsp3) is 0.167. The van der Waals surface area contributed by atoms with Crippen molar-refractivity contribution < 1.29 is 14.3 Å². The highest BCUT2D eigenvalue weighted by atomic mass is 16.5. The van der Waals surface area contributed by atoms with Gasteiger partial charge in [0.1, 0.15) is 0 Å². The second-order valence-electron chi connectivity index (χ2n) is 3.53. The average molecular weight is 247 g/mol. The van der Waals surface area contributed by atoms with Gasteiger partial charge in [-0.15, -0.1) is 0 Å². The highest BCUT2D eigenvalue weighted by molar-refractivity contribution is 5.92. The zero-order valence-electron chi connectivity index (χ0n) is 10.1. The number of carbonyl (C=O) groups is 1. The molecule has 2 rings (SSSR count). The molecule has 1 amide bonds. The first-order valence-corrected chi connectivity index (χ1v) is 5.23. The SMILES string of the molecule is COc1c(N(N)C=O)nc2ccccc2c1OC. The van der Waals surface area contributed by atoms with Gasteiger partial charge < -0.3 is 9.47 Å². The summed E-state index contributed by atoms with van der Waals surface area (Å²) in [5, 5.41) is 1.65. The van der Waals surface area contributed by atoms with Crippen LogP contribution < -0.4 is 20.3 Å². The van der Waals surface area contributed by atoms with Gasteiger partial charge in [-0.2, -0.15) is 0 Å². The van der Waals surface area contributed by atoms with E-state index in [0.717, 1.165) is 10.4 Å².